The van der Waals surface area contributed by atoms with Gasteiger partial charge in [0.15, 0.2) is 0 Å². The van der Waals surface area contributed by atoms with Crippen LogP contribution in [-0.2, 0) is 4.79 Å². The smallest absolute Gasteiger partial charge is 0.255 e. The molecule has 0 atom stereocenters. The topological polar surface area (TPSA) is 43.9 Å². The molecule has 120 valence electrons. The van der Waals surface area contributed by atoms with Crippen LogP contribution in [0, 0.1) is 9.39 Å². The van der Waals surface area contributed by atoms with Crippen LogP contribution in [0.1, 0.15) is 10.4 Å². The second-order valence-electron chi connectivity index (χ2n) is 5.53. The molecule has 1 aliphatic rings. The molecule has 0 bridgehead atoms. The number of benzene rings is 1. The molecule has 0 spiro atoms. The predicted octanol–water partition coefficient (Wildman–Crippen LogP) is 1.28. The molecular formula is C15H19FIN3O2. The Hall–Kier alpha value is -1.22. The highest BCUT2D eigenvalue weighted by molar-refractivity contribution is 14.1. The molecule has 1 fully saturated rings. The average molecular weight is 419 g/mol. The lowest BCUT2D eigenvalue weighted by Crippen LogP contribution is -2.52. The minimum absolute atomic E-state index is 0.0773. The van der Waals surface area contributed by atoms with E-state index in [9.17, 15) is 14.0 Å². The molecule has 0 N–H and O–H groups in total. The first-order valence-electron chi connectivity index (χ1n) is 7.05. The number of piperazine rings is 1. The molecule has 1 aromatic carbocycles. The summed E-state index contributed by atoms with van der Waals surface area (Å²) in [7, 11) is 3.71. The third-order valence-corrected chi connectivity index (χ3v) is 4.43. The zero-order chi connectivity index (χ0) is 16.3. The summed E-state index contributed by atoms with van der Waals surface area (Å²) in [6.07, 6.45) is 0. The minimum atomic E-state index is -0.347. The number of rotatable bonds is 3. The maximum absolute atomic E-state index is 13.1. The van der Waals surface area contributed by atoms with E-state index in [0.717, 1.165) is 0 Å². The van der Waals surface area contributed by atoms with E-state index in [2.05, 4.69) is 0 Å². The Balaban J connectivity index is 1.96. The molecule has 1 aliphatic heterocycles. The molecule has 2 rings (SSSR count). The molecule has 0 aromatic heterocycles. The van der Waals surface area contributed by atoms with Crippen LogP contribution in [0.3, 0.4) is 0 Å². The van der Waals surface area contributed by atoms with Crippen LogP contribution in [0.15, 0.2) is 18.2 Å². The summed E-state index contributed by atoms with van der Waals surface area (Å²) in [6, 6.07) is 4.17. The maximum Gasteiger partial charge on any atom is 0.255 e. The van der Waals surface area contributed by atoms with Crippen molar-refractivity contribution in [3.63, 3.8) is 0 Å². The van der Waals surface area contributed by atoms with Gasteiger partial charge in [-0.15, -0.1) is 0 Å². The number of carbonyl (C=O) groups is 2. The van der Waals surface area contributed by atoms with E-state index in [1.807, 2.05) is 41.6 Å². The number of amides is 2. The van der Waals surface area contributed by atoms with Gasteiger partial charge in [0, 0.05) is 29.7 Å². The van der Waals surface area contributed by atoms with Gasteiger partial charge in [-0.05, 0) is 54.9 Å². The third-order valence-electron chi connectivity index (χ3n) is 3.53. The largest absolute Gasteiger partial charge is 0.338 e. The molecule has 0 saturated carbocycles. The Morgan fingerprint density at radius 2 is 1.77 bits per heavy atom. The van der Waals surface area contributed by atoms with Crippen molar-refractivity contribution in [3.8, 4) is 0 Å². The van der Waals surface area contributed by atoms with Crippen molar-refractivity contribution in [1.29, 1.82) is 0 Å². The fraction of sp³-hybridized carbons (Fsp3) is 0.467. The van der Waals surface area contributed by atoms with E-state index in [1.54, 1.807) is 9.80 Å². The molecule has 1 saturated heterocycles. The summed E-state index contributed by atoms with van der Waals surface area (Å²) >= 11 is 1.97. The third kappa shape index (κ3) is 4.16. The lowest BCUT2D eigenvalue weighted by atomic mass is 10.1. The van der Waals surface area contributed by atoms with Gasteiger partial charge in [0.2, 0.25) is 5.91 Å². The van der Waals surface area contributed by atoms with Crippen LogP contribution in [0.5, 0.6) is 0 Å². The van der Waals surface area contributed by atoms with E-state index in [4.69, 9.17) is 0 Å². The van der Waals surface area contributed by atoms with Crippen molar-refractivity contribution in [2.75, 3.05) is 46.8 Å². The second kappa shape index (κ2) is 7.36. The molecule has 0 unspecified atom stereocenters. The first-order chi connectivity index (χ1) is 10.4. The number of halogens is 2. The van der Waals surface area contributed by atoms with Gasteiger partial charge in [-0.25, -0.2) is 4.39 Å². The van der Waals surface area contributed by atoms with Crippen LogP contribution < -0.4 is 0 Å². The maximum atomic E-state index is 13.1. The molecule has 2 amide bonds. The second-order valence-corrected chi connectivity index (χ2v) is 6.70. The zero-order valence-electron chi connectivity index (χ0n) is 12.7. The Labute approximate surface area is 143 Å². The quantitative estimate of drug-likeness (QED) is 0.694. The van der Waals surface area contributed by atoms with Crippen molar-refractivity contribution in [1.82, 2.24) is 14.7 Å². The highest BCUT2D eigenvalue weighted by Crippen LogP contribution is 2.17. The van der Waals surface area contributed by atoms with Crippen molar-refractivity contribution >= 4 is 34.4 Å². The van der Waals surface area contributed by atoms with Crippen LogP contribution in [0.25, 0.3) is 0 Å². The van der Waals surface area contributed by atoms with Crippen molar-refractivity contribution in [2.24, 2.45) is 0 Å². The molecule has 7 heteroatoms. The first-order valence-corrected chi connectivity index (χ1v) is 8.13. The number of likely N-dealkylation sites (N-methyl/N-ethyl adjacent to an activating group) is 1. The highest BCUT2D eigenvalue weighted by atomic mass is 127. The standard InChI is InChI=1S/C15H19FIN3O2/c1-18(2)10-14(21)19-5-7-20(8-6-19)15(22)12-4-3-11(16)9-13(12)17/h3-4,9H,5-8,10H2,1-2H3. The van der Waals surface area contributed by atoms with E-state index in [1.165, 1.54) is 18.2 Å². The average Bonchev–Trinajstić information content (AvgIpc) is 2.46. The van der Waals surface area contributed by atoms with E-state index in [-0.39, 0.29) is 17.6 Å². The van der Waals surface area contributed by atoms with Gasteiger partial charge in [0.05, 0.1) is 12.1 Å². The number of hydrogen-bond acceptors (Lipinski definition) is 3. The lowest BCUT2D eigenvalue weighted by molar-refractivity contribution is -0.133. The Morgan fingerprint density at radius 1 is 1.18 bits per heavy atom. The highest BCUT2D eigenvalue weighted by Gasteiger charge is 2.25. The Bertz CT molecular complexity index is 572. The van der Waals surface area contributed by atoms with Gasteiger partial charge < -0.3 is 14.7 Å². The van der Waals surface area contributed by atoms with Gasteiger partial charge in [-0.1, -0.05) is 0 Å². The predicted molar refractivity (Wildman–Crippen MR) is 90.2 cm³/mol. The molecular weight excluding hydrogens is 400 g/mol. The summed E-state index contributed by atoms with van der Waals surface area (Å²) in [4.78, 5) is 29.8. The first kappa shape index (κ1) is 17.1. The summed E-state index contributed by atoms with van der Waals surface area (Å²) in [6.45, 7) is 2.47. The van der Waals surface area contributed by atoms with Gasteiger partial charge in [0.25, 0.3) is 5.91 Å². The summed E-state index contributed by atoms with van der Waals surface area (Å²) < 4.78 is 13.7. The Kier molecular flexibility index (Phi) is 5.74. The van der Waals surface area contributed by atoms with Crippen LogP contribution in [0.4, 0.5) is 4.39 Å². The Morgan fingerprint density at radius 3 is 2.32 bits per heavy atom. The SMILES string of the molecule is CN(C)CC(=O)N1CCN(C(=O)c2ccc(F)cc2I)CC1. The number of carbonyl (C=O) groups excluding carboxylic acids is 2. The molecule has 0 aliphatic carbocycles. The van der Waals surface area contributed by atoms with Crippen molar-refractivity contribution < 1.29 is 14.0 Å². The molecule has 0 radical (unpaired) electrons. The van der Waals surface area contributed by atoms with E-state index < -0.39 is 0 Å². The number of hydrogen-bond donors (Lipinski definition) is 0. The molecule has 22 heavy (non-hydrogen) atoms. The summed E-state index contributed by atoms with van der Waals surface area (Å²) in [5.74, 6) is -0.377. The molecule has 1 heterocycles. The number of nitrogens with zero attached hydrogens (tertiary/aromatic N) is 3. The fourth-order valence-electron chi connectivity index (χ4n) is 2.36. The van der Waals surface area contributed by atoms with Gasteiger partial charge in [0.1, 0.15) is 5.82 Å². The summed E-state index contributed by atoms with van der Waals surface area (Å²) in [5.41, 5.74) is 0.509. The van der Waals surface area contributed by atoms with E-state index >= 15 is 0 Å². The van der Waals surface area contributed by atoms with Crippen molar-refractivity contribution in [2.45, 2.75) is 0 Å². The van der Waals surface area contributed by atoms with E-state index in [0.29, 0.717) is 41.9 Å². The normalized spacial score (nSPS) is 15.3. The van der Waals surface area contributed by atoms with Crippen LogP contribution >= 0.6 is 22.6 Å². The lowest BCUT2D eigenvalue weighted by Gasteiger charge is -2.35. The summed E-state index contributed by atoms with van der Waals surface area (Å²) in [5, 5.41) is 0. The van der Waals surface area contributed by atoms with Gasteiger partial charge >= 0.3 is 0 Å². The monoisotopic (exact) mass is 419 g/mol. The minimum Gasteiger partial charge on any atom is -0.338 e. The van der Waals surface area contributed by atoms with Gasteiger partial charge in [-0.2, -0.15) is 0 Å². The van der Waals surface area contributed by atoms with Crippen molar-refractivity contribution in [3.05, 3.63) is 33.1 Å². The zero-order valence-corrected chi connectivity index (χ0v) is 14.8. The van der Waals surface area contributed by atoms with Crippen LogP contribution in [0.2, 0.25) is 0 Å². The van der Waals surface area contributed by atoms with Gasteiger partial charge in [-0.3, -0.25) is 9.59 Å². The molecule has 1 aromatic rings. The van der Waals surface area contributed by atoms with Crippen LogP contribution in [-0.4, -0.2) is 73.3 Å². The fourth-order valence-corrected chi connectivity index (χ4v) is 3.07. The molecule has 5 nitrogen and oxygen atoms in total.